The van der Waals surface area contributed by atoms with Crippen LogP contribution in [-0.2, 0) is 5.54 Å². The molecule has 0 aliphatic carbocycles. The number of aromatic nitrogens is 3. The Hall–Kier alpha value is -1.91. The average Bonchev–Trinajstić information content (AvgIpc) is 2.78. The van der Waals surface area contributed by atoms with E-state index in [9.17, 15) is 4.39 Å². The topological polar surface area (TPSA) is 39.9 Å². The fourth-order valence-electron chi connectivity index (χ4n) is 1.72. The van der Waals surface area contributed by atoms with Gasteiger partial charge in [0.1, 0.15) is 6.33 Å². The molecule has 0 unspecified atom stereocenters. The Morgan fingerprint density at radius 1 is 1.28 bits per heavy atom. The molecule has 0 saturated heterocycles. The maximum Gasteiger partial charge on any atom is 0.165 e. The van der Waals surface area contributed by atoms with Crippen LogP contribution in [0.15, 0.2) is 24.5 Å². The van der Waals surface area contributed by atoms with Crippen LogP contribution in [-0.4, -0.2) is 21.9 Å². The van der Waals surface area contributed by atoms with Crippen molar-refractivity contribution in [1.82, 2.24) is 14.8 Å². The minimum Gasteiger partial charge on any atom is -0.494 e. The average molecular weight is 249 g/mol. The van der Waals surface area contributed by atoms with Crippen LogP contribution in [0.2, 0.25) is 0 Å². The van der Waals surface area contributed by atoms with E-state index in [1.807, 2.05) is 4.57 Å². The molecule has 18 heavy (non-hydrogen) atoms. The van der Waals surface area contributed by atoms with Crippen molar-refractivity contribution in [3.8, 4) is 17.1 Å². The lowest BCUT2D eigenvalue weighted by molar-refractivity contribution is 0.386. The van der Waals surface area contributed by atoms with Gasteiger partial charge in [-0.3, -0.25) is 0 Å². The molecule has 96 valence electrons. The van der Waals surface area contributed by atoms with Crippen molar-refractivity contribution in [2.75, 3.05) is 7.11 Å². The Bertz CT molecular complexity index is 558. The van der Waals surface area contributed by atoms with E-state index in [-0.39, 0.29) is 17.1 Å². The lowest BCUT2D eigenvalue weighted by Crippen LogP contribution is -2.21. The molecule has 2 rings (SSSR count). The van der Waals surface area contributed by atoms with Crippen molar-refractivity contribution in [3.05, 3.63) is 30.3 Å². The summed E-state index contributed by atoms with van der Waals surface area (Å²) < 4.78 is 20.3. The molecule has 0 N–H and O–H groups in total. The molecule has 0 aliphatic heterocycles. The molecule has 0 saturated carbocycles. The van der Waals surface area contributed by atoms with Crippen LogP contribution in [0.5, 0.6) is 5.75 Å². The fourth-order valence-corrected chi connectivity index (χ4v) is 1.72. The number of hydrogen-bond acceptors (Lipinski definition) is 3. The summed E-state index contributed by atoms with van der Waals surface area (Å²) in [5.74, 6) is 0.514. The standard InChI is InChI=1S/C13H16FN3O/c1-13(2,3)17-8-15-16-12(17)9-5-6-10(14)11(7-9)18-4/h5-8H,1-4H3. The highest BCUT2D eigenvalue weighted by molar-refractivity contribution is 5.58. The zero-order valence-corrected chi connectivity index (χ0v) is 10.9. The molecule has 1 heterocycles. The Labute approximate surface area is 105 Å². The Morgan fingerprint density at radius 2 is 2.00 bits per heavy atom. The largest absolute Gasteiger partial charge is 0.494 e. The third-order valence-corrected chi connectivity index (χ3v) is 2.68. The van der Waals surface area contributed by atoms with E-state index in [1.165, 1.54) is 13.2 Å². The zero-order chi connectivity index (χ0) is 13.3. The van der Waals surface area contributed by atoms with E-state index in [4.69, 9.17) is 4.74 Å². The van der Waals surface area contributed by atoms with Gasteiger partial charge in [0, 0.05) is 11.1 Å². The van der Waals surface area contributed by atoms with Crippen LogP contribution < -0.4 is 4.74 Å². The number of ether oxygens (including phenoxy) is 1. The van der Waals surface area contributed by atoms with Gasteiger partial charge < -0.3 is 9.30 Å². The smallest absolute Gasteiger partial charge is 0.165 e. The second-order valence-corrected chi connectivity index (χ2v) is 5.04. The summed E-state index contributed by atoms with van der Waals surface area (Å²) in [6.07, 6.45) is 1.67. The molecule has 0 atom stereocenters. The Morgan fingerprint density at radius 3 is 2.61 bits per heavy atom. The van der Waals surface area contributed by atoms with Crippen LogP contribution in [0, 0.1) is 5.82 Å². The Kier molecular flexibility index (Phi) is 3.07. The molecule has 0 spiro atoms. The van der Waals surface area contributed by atoms with Crippen molar-refractivity contribution in [2.45, 2.75) is 26.3 Å². The van der Waals surface area contributed by atoms with Crippen LogP contribution in [0.3, 0.4) is 0 Å². The number of halogens is 1. The van der Waals surface area contributed by atoms with Gasteiger partial charge in [-0.15, -0.1) is 10.2 Å². The van der Waals surface area contributed by atoms with E-state index in [2.05, 4.69) is 31.0 Å². The SMILES string of the molecule is COc1cc(-c2nncn2C(C)(C)C)ccc1F. The van der Waals surface area contributed by atoms with Gasteiger partial charge in [-0.1, -0.05) is 0 Å². The quantitative estimate of drug-likeness (QED) is 0.821. The van der Waals surface area contributed by atoms with Gasteiger partial charge in [0.05, 0.1) is 7.11 Å². The van der Waals surface area contributed by atoms with E-state index in [0.717, 1.165) is 5.56 Å². The van der Waals surface area contributed by atoms with E-state index in [0.29, 0.717) is 5.82 Å². The third kappa shape index (κ3) is 2.20. The maximum absolute atomic E-state index is 13.4. The van der Waals surface area contributed by atoms with E-state index >= 15 is 0 Å². The first-order valence-corrected chi connectivity index (χ1v) is 5.68. The Balaban J connectivity index is 2.53. The van der Waals surface area contributed by atoms with Crippen LogP contribution >= 0.6 is 0 Å². The summed E-state index contributed by atoms with van der Waals surface area (Å²) >= 11 is 0. The highest BCUT2D eigenvalue weighted by atomic mass is 19.1. The molecule has 2 aromatic rings. The van der Waals surface area contributed by atoms with Crippen LogP contribution in [0.4, 0.5) is 4.39 Å². The second-order valence-electron chi connectivity index (χ2n) is 5.04. The second kappa shape index (κ2) is 4.40. The summed E-state index contributed by atoms with van der Waals surface area (Å²) in [6.45, 7) is 6.17. The first-order chi connectivity index (χ1) is 8.43. The molecule has 0 fully saturated rings. The molecule has 0 aliphatic rings. The van der Waals surface area contributed by atoms with Crippen molar-refractivity contribution < 1.29 is 9.13 Å². The van der Waals surface area contributed by atoms with Crippen molar-refractivity contribution in [1.29, 1.82) is 0 Å². The minimum atomic E-state index is -0.386. The number of nitrogens with zero attached hydrogens (tertiary/aromatic N) is 3. The van der Waals surface area contributed by atoms with Gasteiger partial charge in [0.2, 0.25) is 0 Å². The van der Waals surface area contributed by atoms with Gasteiger partial charge in [-0.2, -0.15) is 0 Å². The fraction of sp³-hybridized carbons (Fsp3) is 0.385. The summed E-state index contributed by atoms with van der Waals surface area (Å²) in [6, 6.07) is 4.67. The van der Waals surface area contributed by atoms with Gasteiger partial charge >= 0.3 is 0 Å². The summed E-state index contributed by atoms with van der Waals surface area (Å²) in [5.41, 5.74) is 0.640. The van der Waals surface area contributed by atoms with E-state index in [1.54, 1.807) is 18.5 Å². The summed E-state index contributed by atoms with van der Waals surface area (Å²) in [7, 11) is 1.44. The van der Waals surface area contributed by atoms with Gasteiger partial charge in [0.25, 0.3) is 0 Å². The maximum atomic E-state index is 13.4. The molecule has 5 heteroatoms. The first-order valence-electron chi connectivity index (χ1n) is 5.68. The number of rotatable bonds is 2. The lowest BCUT2D eigenvalue weighted by atomic mass is 10.1. The molecular formula is C13H16FN3O. The summed E-state index contributed by atoms with van der Waals surface area (Å²) in [5, 5.41) is 8.01. The summed E-state index contributed by atoms with van der Waals surface area (Å²) in [4.78, 5) is 0. The number of hydrogen-bond donors (Lipinski definition) is 0. The van der Waals surface area contributed by atoms with Gasteiger partial charge in [0.15, 0.2) is 17.4 Å². The highest BCUT2D eigenvalue weighted by Gasteiger charge is 2.19. The van der Waals surface area contributed by atoms with Crippen LogP contribution in [0.25, 0.3) is 11.4 Å². The first kappa shape index (κ1) is 12.5. The van der Waals surface area contributed by atoms with Gasteiger partial charge in [-0.25, -0.2) is 4.39 Å². The molecule has 1 aromatic carbocycles. The number of benzene rings is 1. The van der Waals surface area contributed by atoms with Gasteiger partial charge in [-0.05, 0) is 39.0 Å². The predicted molar refractivity (Wildman–Crippen MR) is 67.0 cm³/mol. The normalized spacial score (nSPS) is 11.6. The predicted octanol–water partition coefficient (Wildman–Crippen LogP) is 2.85. The zero-order valence-electron chi connectivity index (χ0n) is 10.9. The van der Waals surface area contributed by atoms with Crippen molar-refractivity contribution in [2.24, 2.45) is 0 Å². The third-order valence-electron chi connectivity index (χ3n) is 2.68. The minimum absolute atomic E-state index is 0.138. The molecule has 1 aromatic heterocycles. The molecule has 0 amide bonds. The number of methoxy groups -OCH3 is 1. The van der Waals surface area contributed by atoms with E-state index < -0.39 is 0 Å². The van der Waals surface area contributed by atoms with Crippen molar-refractivity contribution >= 4 is 0 Å². The lowest BCUT2D eigenvalue weighted by Gasteiger charge is -2.22. The van der Waals surface area contributed by atoms with Crippen molar-refractivity contribution in [3.63, 3.8) is 0 Å². The molecule has 4 nitrogen and oxygen atoms in total. The highest BCUT2D eigenvalue weighted by Crippen LogP contribution is 2.27. The monoisotopic (exact) mass is 249 g/mol. The molecule has 0 radical (unpaired) electrons. The molecule has 0 bridgehead atoms. The van der Waals surface area contributed by atoms with Crippen LogP contribution in [0.1, 0.15) is 20.8 Å². The molecular weight excluding hydrogens is 233 g/mol.